The molecule has 0 saturated heterocycles. The normalized spacial score (nSPS) is 21.2. The molecule has 1 aromatic carbocycles. The molecule has 0 radical (unpaired) electrons. The minimum absolute atomic E-state index is 0.111. The zero-order valence-electron chi connectivity index (χ0n) is 10.5. The van der Waals surface area contributed by atoms with E-state index in [2.05, 4.69) is 10.1 Å². The predicted octanol–water partition coefficient (Wildman–Crippen LogP) is 1.30. The van der Waals surface area contributed by atoms with E-state index >= 15 is 0 Å². The van der Waals surface area contributed by atoms with Gasteiger partial charge in [-0.1, -0.05) is 0 Å². The number of aromatic hydroxyl groups is 1. The Morgan fingerprint density at radius 3 is 2.85 bits per heavy atom. The Kier molecular flexibility index (Phi) is 3.51. The number of phenols is 1. The first-order chi connectivity index (χ1) is 9.28. The highest BCUT2D eigenvalue weighted by molar-refractivity contribution is 5.85. The van der Waals surface area contributed by atoms with Gasteiger partial charge in [-0.05, 0) is 12.1 Å². The Bertz CT molecular complexity index is 532. The largest absolute Gasteiger partial charge is 0.508 e. The number of nitrogens with one attached hydrogen (secondary N) is 1. The standard InChI is InChI=1S/C12H12F3NO4/c1-19-10(18)11(16-5-12(13,14)15)6-20-9-4-7(17)2-3-8(9)11/h2-4,16-17H,5-6H2,1H3. The van der Waals surface area contributed by atoms with Crippen LogP contribution in [0.2, 0.25) is 0 Å². The van der Waals surface area contributed by atoms with E-state index in [9.17, 15) is 23.1 Å². The zero-order chi connectivity index (χ0) is 15.0. The maximum absolute atomic E-state index is 12.4. The van der Waals surface area contributed by atoms with E-state index in [0.29, 0.717) is 0 Å². The van der Waals surface area contributed by atoms with Crippen molar-refractivity contribution in [2.45, 2.75) is 11.7 Å². The van der Waals surface area contributed by atoms with E-state index in [0.717, 1.165) is 7.11 Å². The topological polar surface area (TPSA) is 67.8 Å². The summed E-state index contributed by atoms with van der Waals surface area (Å²) in [5.74, 6) is -0.850. The van der Waals surface area contributed by atoms with Crippen molar-refractivity contribution in [3.05, 3.63) is 23.8 Å². The molecule has 5 nitrogen and oxygen atoms in total. The van der Waals surface area contributed by atoms with Gasteiger partial charge in [0.25, 0.3) is 0 Å². The molecule has 0 amide bonds. The molecule has 8 heteroatoms. The van der Waals surface area contributed by atoms with E-state index < -0.39 is 24.2 Å². The smallest absolute Gasteiger partial charge is 0.401 e. The number of carbonyl (C=O) groups excluding carboxylic acids is 1. The second-order valence-electron chi connectivity index (χ2n) is 4.33. The number of fused-ring (bicyclic) bond motifs is 1. The Hall–Kier alpha value is -1.96. The van der Waals surface area contributed by atoms with Gasteiger partial charge in [-0.3, -0.25) is 5.32 Å². The number of phenolic OH excluding ortho intramolecular Hbond substituents is 1. The maximum atomic E-state index is 12.4. The van der Waals surface area contributed by atoms with Crippen molar-refractivity contribution in [2.24, 2.45) is 0 Å². The Morgan fingerprint density at radius 2 is 2.25 bits per heavy atom. The van der Waals surface area contributed by atoms with Crippen LogP contribution in [-0.4, -0.2) is 37.5 Å². The lowest BCUT2D eigenvalue weighted by atomic mass is 9.92. The number of esters is 1. The minimum atomic E-state index is -4.49. The molecule has 0 fully saturated rings. The van der Waals surface area contributed by atoms with Crippen molar-refractivity contribution in [1.82, 2.24) is 5.32 Å². The van der Waals surface area contributed by atoms with Gasteiger partial charge < -0.3 is 14.6 Å². The summed E-state index contributed by atoms with van der Waals surface area (Å²) in [5, 5.41) is 11.5. The van der Waals surface area contributed by atoms with Gasteiger partial charge in [-0.2, -0.15) is 13.2 Å². The number of carbonyl (C=O) groups is 1. The SMILES string of the molecule is COC(=O)C1(NCC(F)(F)F)COc2cc(O)ccc21. The zero-order valence-corrected chi connectivity index (χ0v) is 10.5. The summed E-state index contributed by atoms with van der Waals surface area (Å²) >= 11 is 0. The third-order valence-electron chi connectivity index (χ3n) is 2.99. The van der Waals surface area contributed by atoms with E-state index in [1.54, 1.807) is 0 Å². The molecule has 1 heterocycles. The molecule has 20 heavy (non-hydrogen) atoms. The molecule has 2 N–H and O–H groups in total. The van der Waals surface area contributed by atoms with Gasteiger partial charge in [0.05, 0.1) is 13.7 Å². The molecular weight excluding hydrogens is 279 g/mol. The van der Waals surface area contributed by atoms with Crippen molar-refractivity contribution in [1.29, 1.82) is 0 Å². The summed E-state index contributed by atoms with van der Waals surface area (Å²) in [6.07, 6.45) is -4.49. The number of halogens is 3. The Labute approximate surface area is 112 Å². The number of hydrogen-bond acceptors (Lipinski definition) is 5. The van der Waals surface area contributed by atoms with Crippen molar-refractivity contribution < 1.29 is 32.5 Å². The number of benzene rings is 1. The molecule has 0 saturated carbocycles. The van der Waals surface area contributed by atoms with Gasteiger partial charge in [-0.25, -0.2) is 4.79 Å². The average Bonchev–Trinajstić information content (AvgIpc) is 2.74. The fourth-order valence-corrected chi connectivity index (χ4v) is 2.06. The highest BCUT2D eigenvalue weighted by Crippen LogP contribution is 2.40. The molecule has 0 aliphatic carbocycles. The molecule has 2 rings (SSSR count). The second-order valence-corrected chi connectivity index (χ2v) is 4.33. The first kappa shape index (κ1) is 14.4. The molecule has 0 bridgehead atoms. The van der Waals surface area contributed by atoms with Crippen molar-refractivity contribution >= 4 is 5.97 Å². The summed E-state index contributed by atoms with van der Waals surface area (Å²) < 4.78 is 46.9. The minimum Gasteiger partial charge on any atom is -0.508 e. The van der Waals surface area contributed by atoms with Crippen LogP contribution < -0.4 is 10.1 Å². The first-order valence-electron chi connectivity index (χ1n) is 5.65. The number of rotatable bonds is 3. The summed E-state index contributed by atoms with van der Waals surface area (Å²) in [7, 11) is 1.08. The van der Waals surface area contributed by atoms with Crippen LogP contribution in [0.15, 0.2) is 18.2 Å². The van der Waals surface area contributed by atoms with Gasteiger partial charge in [0.2, 0.25) is 0 Å². The number of alkyl halides is 3. The van der Waals surface area contributed by atoms with Crippen LogP contribution in [0.5, 0.6) is 11.5 Å². The van der Waals surface area contributed by atoms with E-state index in [1.807, 2.05) is 0 Å². The predicted molar refractivity (Wildman–Crippen MR) is 61.4 cm³/mol. The third kappa shape index (κ3) is 2.51. The number of hydrogen-bond donors (Lipinski definition) is 2. The Morgan fingerprint density at radius 1 is 1.55 bits per heavy atom. The van der Waals surface area contributed by atoms with E-state index in [-0.39, 0.29) is 23.7 Å². The van der Waals surface area contributed by atoms with Crippen LogP contribution in [0.4, 0.5) is 13.2 Å². The van der Waals surface area contributed by atoms with Gasteiger partial charge in [0.1, 0.15) is 18.1 Å². The molecule has 0 aromatic heterocycles. The van der Waals surface area contributed by atoms with Crippen LogP contribution in [0, 0.1) is 0 Å². The molecule has 1 atom stereocenters. The lowest BCUT2D eigenvalue weighted by molar-refractivity contribution is -0.154. The van der Waals surface area contributed by atoms with E-state index in [1.165, 1.54) is 18.2 Å². The van der Waals surface area contributed by atoms with Gasteiger partial charge in [-0.15, -0.1) is 0 Å². The lowest BCUT2D eigenvalue weighted by Crippen LogP contribution is -2.54. The highest BCUT2D eigenvalue weighted by atomic mass is 19.4. The van der Waals surface area contributed by atoms with Crippen LogP contribution >= 0.6 is 0 Å². The summed E-state index contributed by atoms with van der Waals surface area (Å²) in [6, 6.07) is 3.83. The lowest BCUT2D eigenvalue weighted by Gasteiger charge is -2.27. The van der Waals surface area contributed by atoms with Crippen LogP contribution in [0.1, 0.15) is 5.56 Å². The molecule has 1 aromatic rings. The van der Waals surface area contributed by atoms with Gasteiger partial charge in [0.15, 0.2) is 5.54 Å². The van der Waals surface area contributed by atoms with Crippen molar-refractivity contribution in [3.8, 4) is 11.5 Å². The van der Waals surface area contributed by atoms with Crippen LogP contribution in [0.25, 0.3) is 0 Å². The molecule has 0 spiro atoms. The van der Waals surface area contributed by atoms with E-state index in [4.69, 9.17) is 4.74 Å². The molecule has 1 aliphatic heterocycles. The molecule has 1 unspecified atom stereocenters. The maximum Gasteiger partial charge on any atom is 0.401 e. The van der Waals surface area contributed by atoms with Gasteiger partial charge >= 0.3 is 12.1 Å². The van der Waals surface area contributed by atoms with Crippen molar-refractivity contribution in [3.63, 3.8) is 0 Å². The number of methoxy groups -OCH3 is 1. The monoisotopic (exact) mass is 291 g/mol. The Balaban J connectivity index is 2.39. The quantitative estimate of drug-likeness (QED) is 0.822. The number of ether oxygens (including phenoxy) is 2. The summed E-state index contributed by atoms with van der Waals surface area (Å²) in [5.41, 5.74) is -1.53. The molecule has 1 aliphatic rings. The van der Waals surface area contributed by atoms with Crippen LogP contribution in [0.3, 0.4) is 0 Å². The summed E-state index contributed by atoms with van der Waals surface area (Å²) in [4.78, 5) is 11.9. The van der Waals surface area contributed by atoms with Crippen LogP contribution in [-0.2, 0) is 15.1 Å². The highest BCUT2D eigenvalue weighted by Gasteiger charge is 2.50. The van der Waals surface area contributed by atoms with Gasteiger partial charge in [0, 0.05) is 11.6 Å². The third-order valence-corrected chi connectivity index (χ3v) is 2.99. The second kappa shape index (κ2) is 4.86. The summed E-state index contributed by atoms with van der Waals surface area (Å²) in [6.45, 7) is -1.71. The average molecular weight is 291 g/mol. The molecule has 110 valence electrons. The molecular formula is C12H12F3NO4. The first-order valence-corrected chi connectivity index (χ1v) is 5.65. The van der Waals surface area contributed by atoms with Crippen molar-refractivity contribution in [2.75, 3.05) is 20.3 Å². The fraction of sp³-hybridized carbons (Fsp3) is 0.417. The fourth-order valence-electron chi connectivity index (χ4n) is 2.06.